The zero-order valence-corrected chi connectivity index (χ0v) is 12.5. The molecule has 114 valence electrons. The Balaban J connectivity index is 1.68. The Labute approximate surface area is 121 Å². The second kappa shape index (κ2) is 7.09. The molecule has 1 aliphatic heterocycles. The first-order valence-electron chi connectivity index (χ1n) is 8.08. The average Bonchev–Trinajstić information content (AvgIpc) is 2.82. The van der Waals surface area contributed by atoms with Gasteiger partial charge in [0.25, 0.3) is 0 Å². The second-order valence-electron chi connectivity index (χ2n) is 6.62. The van der Waals surface area contributed by atoms with Crippen molar-refractivity contribution in [2.24, 2.45) is 17.8 Å². The molecule has 0 unspecified atom stereocenters. The lowest BCUT2D eigenvalue weighted by Crippen LogP contribution is -2.29. The van der Waals surface area contributed by atoms with Gasteiger partial charge in [-0.1, -0.05) is 39.0 Å². The maximum Gasteiger partial charge on any atom is 0.308 e. The molecule has 0 aromatic carbocycles. The average molecular weight is 281 g/mol. The summed E-state index contributed by atoms with van der Waals surface area (Å²) in [5, 5.41) is 9.09. The predicted molar refractivity (Wildman–Crippen MR) is 77.3 cm³/mol. The molecule has 0 bridgehead atoms. The van der Waals surface area contributed by atoms with E-state index in [1.807, 2.05) is 6.92 Å². The predicted octanol–water partition coefficient (Wildman–Crippen LogP) is 2.92. The zero-order valence-electron chi connectivity index (χ0n) is 12.5. The van der Waals surface area contributed by atoms with E-state index in [9.17, 15) is 9.59 Å². The standard InChI is InChI=1S/C16H27NO3/c1-12-10-17(11-14(12)16(19)20)15(18)9-5-8-13-6-3-2-4-7-13/h12-14H,2-11H2,1H3,(H,19,20)/t12-,14-/m1/s1. The minimum absolute atomic E-state index is 0.0785. The molecule has 1 heterocycles. The van der Waals surface area contributed by atoms with E-state index in [4.69, 9.17) is 5.11 Å². The van der Waals surface area contributed by atoms with Crippen LogP contribution in [0.25, 0.3) is 0 Å². The summed E-state index contributed by atoms with van der Waals surface area (Å²) in [6.45, 7) is 2.94. The summed E-state index contributed by atoms with van der Waals surface area (Å²) >= 11 is 0. The largest absolute Gasteiger partial charge is 0.481 e. The number of hydrogen-bond acceptors (Lipinski definition) is 2. The van der Waals surface area contributed by atoms with E-state index in [0.29, 0.717) is 19.5 Å². The molecule has 1 amide bonds. The molecule has 2 atom stereocenters. The van der Waals surface area contributed by atoms with Crippen LogP contribution in [0.5, 0.6) is 0 Å². The second-order valence-corrected chi connectivity index (χ2v) is 6.62. The molecule has 2 aliphatic rings. The van der Waals surface area contributed by atoms with Crippen molar-refractivity contribution in [1.29, 1.82) is 0 Å². The van der Waals surface area contributed by atoms with E-state index in [1.54, 1.807) is 4.90 Å². The van der Waals surface area contributed by atoms with Crippen LogP contribution in [0.2, 0.25) is 0 Å². The summed E-state index contributed by atoms with van der Waals surface area (Å²) in [6, 6.07) is 0. The number of carbonyl (C=O) groups excluding carboxylic acids is 1. The third kappa shape index (κ3) is 3.97. The number of nitrogens with zero attached hydrogens (tertiary/aromatic N) is 1. The number of likely N-dealkylation sites (tertiary alicyclic amines) is 1. The van der Waals surface area contributed by atoms with Crippen LogP contribution in [0.3, 0.4) is 0 Å². The molecular formula is C16H27NO3. The van der Waals surface area contributed by atoms with Gasteiger partial charge in [0, 0.05) is 19.5 Å². The van der Waals surface area contributed by atoms with Crippen molar-refractivity contribution in [3.05, 3.63) is 0 Å². The SMILES string of the molecule is C[C@@H]1CN(C(=O)CCCC2CCCCC2)C[C@H]1C(=O)O. The zero-order chi connectivity index (χ0) is 14.5. The maximum atomic E-state index is 12.1. The summed E-state index contributed by atoms with van der Waals surface area (Å²) in [5.41, 5.74) is 0. The van der Waals surface area contributed by atoms with Crippen LogP contribution in [-0.4, -0.2) is 35.0 Å². The molecule has 1 saturated heterocycles. The molecule has 0 radical (unpaired) electrons. The number of hydrogen-bond donors (Lipinski definition) is 1. The Morgan fingerprint density at radius 2 is 1.85 bits per heavy atom. The monoisotopic (exact) mass is 281 g/mol. The van der Waals surface area contributed by atoms with E-state index < -0.39 is 5.97 Å². The molecule has 2 rings (SSSR count). The fourth-order valence-electron chi connectivity index (χ4n) is 3.67. The van der Waals surface area contributed by atoms with Crippen molar-refractivity contribution in [3.8, 4) is 0 Å². The van der Waals surface area contributed by atoms with Crippen molar-refractivity contribution >= 4 is 11.9 Å². The van der Waals surface area contributed by atoms with Crippen LogP contribution in [0.4, 0.5) is 0 Å². The molecule has 0 spiro atoms. The van der Waals surface area contributed by atoms with Gasteiger partial charge < -0.3 is 10.0 Å². The third-order valence-corrected chi connectivity index (χ3v) is 5.01. The molecule has 1 aliphatic carbocycles. The number of carbonyl (C=O) groups is 2. The Morgan fingerprint density at radius 3 is 2.45 bits per heavy atom. The molecule has 4 heteroatoms. The third-order valence-electron chi connectivity index (χ3n) is 5.01. The smallest absolute Gasteiger partial charge is 0.308 e. The first kappa shape index (κ1) is 15.3. The Hall–Kier alpha value is -1.06. The first-order chi connectivity index (χ1) is 9.58. The van der Waals surface area contributed by atoms with Gasteiger partial charge in [-0.2, -0.15) is 0 Å². The number of carboxylic acid groups (broad SMARTS) is 1. The van der Waals surface area contributed by atoms with Crippen LogP contribution < -0.4 is 0 Å². The van der Waals surface area contributed by atoms with E-state index >= 15 is 0 Å². The van der Waals surface area contributed by atoms with Crippen LogP contribution >= 0.6 is 0 Å². The summed E-state index contributed by atoms with van der Waals surface area (Å²) in [7, 11) is 0. The van der Waals surface area contributed by atoms with Crippen LogP contribution in [0.15, 0.2) is 0 Å². The Kier molecular flexibility index (Phi) is 5.44. The fourth-order valence-corrected chi connectivity index (χ4v) is 3.67. The van der Waals surface area contributed by atoms with Gasteiger partial charge in [-0.05, 0) is 24.7 Å². The van der Waals surface area contributed by atoms with Crippen molar-refractivity contribution < 1.29 is 14.7 Å². The van der Waals surface area contributed by atoms with Crippen molar-refractivity contribution in [3.63, 3.8) is 0 Å². The van der Waals surface area contributed by atoms with E-state index in [-0.39, 0.29) is 17.7 Å². The summed E-state index contributed by atoms with van der Waals surface area (Å²) in [6.07, 6.45) is 9.45. The fraction of sp³-hybridized carbons (Fsp3) is 0.875. The highest BCUT2D eigenvalue weighted by Gasteiger charge is 2.36. The normalized spacial score (nSPS) is 27.8. The molecule has 0 aromatic rings. The first-order valence-corrected chi connectivity index (χ1v) is 8.08. The molecular weight excluding hydrogens is 254 g/mol. The highest BCUT2D eigenvalue weighted by molar-refractivity contribution is 5.78. The molecule has 1 saturated carbocycles. The van der Waals surface area contributed by atoms with Crippen molar-refractivity contribution in [2.75, 3.05) is 13.1 Å². The highest BCUT2D eigenvalue weighted by Crippen LogP contribution is 2.28. The van der Waals surface area contributed by atoms with Gasteiger partial charge in [-0.15, -0.1) is 0 Å². The topological polar surface area (TPSA) is 57.6 Å². The van der Waals surface area contributed by atoms with Gasteiger partial charge in [0.1, 0.15) is 0 Å². The maximum absolute atomic E-state index is 12.1. The quantitative estimate of drug-likeness (QED) is 0.843. The van der Waals surface area contributed by atoms with Crippen LogP contribution in [0, 0.1) is 17.8 Å². The lowest BCUT2D eigenvalue weighted by atomic mass is 9.86. The van der Waals surface area contributed by atoms with Gasteiger partial charge in [-0.25, -0.2) is 0 Å². The van der Waals surface area contributed by atoms with Gasteiger partial charge in [-0.3, -0.25) is 9.59 Å². The summed E-state index contributed by atoms with van der Waals surface area (Å²) in [5.74, 6) is -0.0978. The molecule has 20 heavy (non-hydrogen) atoms. The van der Waals surface area contributed by atoms with E-state index in [1.165, 1.54) is 32.1 Å². The van der Waals surface area contributed by atoms with Crippen molar-refractivity contribution in [1.82, 2.24) is 4.90 Å². The number of aliphatic carboxylic acids is 1. The molecule has 1 N–H and O–H groups in total. The Bertz CT molecular complexity index is 350. The lowest BCUT2D eigenvalue weighted by Gasteiger charge is -2.22. The number of amides is 1. The molecule has 2 fully saturated rings. The van der Waals surface area contributed by atoms with Gasteiger partial charge in [0.2, 0.25) is 5.91 Å². The summed E-state index contributed by atoms with van der Waals surface area (Å²) < 4.78 is 0. The lowest BCUT2D eigenvalue weighted by molar-refractivity contribution is -0.142. The highest BCUT2D eigenvalue weighted by atomic mass is 16.4. The summed E-state index contributed by atoms with van der Waals surface area (Å²) in [4.78, 5) is 25.0. The van der Waals surface area contributed by atoms with E-state index in [0.717, 1.165) is 18.8 Å². The van der Waals surface area contributed by atoms with Crippen LogP contribution in [0.1, 0.15) is 58.3 Å². The molecule has 4 nitrogen and oxygen atoms in total. The van der Waals surface area contributed by atoms with Gasteiger partial charge in [0.05, 0.1) is 5.92 Å². The van der Waals surface area contributed by atoms with Gasteiger partial charge >= 0.3 is 5.97 Å². The Morgan fingerprint density at radius 1 is 1.15 bits per heavy atom. The van der Waals surface area contributed by atoms with Crippen LogP contribution in [-0.2, 0) is 9.59 Å². The minimum Gasteiger partial charge on any atom is -0.481 e. The number of rotatable bonds is 5. The van der Waals surface area contributed by atoms with Crippen molar-refractivity contribution in [2.45, 2.75) is 58.3 Å². The van der Waals surface area contributed by atoms with E-state index in [2.05, 4.69) is 0 Å². The minimum atomic E-state index is -0.769. The number of carboxylic acids is 1. The van der Waals surface area contributed by atoms with Gasteiger partial charge in [0.15, 0.2) is 0 Å². The molecule has 0 aromatic heterocycles.